The molecule has 0 bridgehead atoms. The van der Waals surface area contributed by atoms with Gasteiger partial charge in [0.25, 0.3) is 0 Å². The summed E-state index contributed by atoms with van der Waals surface area (Å²) >= 11 is 0. The molecule has 1 aromatic rings. The molecule has 0 aromatic heterocycles. The topological polar surface area (TPSA) is 46.5 Å². The SMILES string of the molecule is CCCCCCCCCCCCCCCCCCCCCCCCCCCCCCOC(=O)C=Cc1ccc(O)cc1. The van der Waals surface area contributed by atoms with Gasteiger partial charge in [-0.25, -0.2) is 4.79 Å². The van der Waals surface area contributed by atoms with Crippen LogP contribution >= 0.6 is 0 Å². The van der Waals surface area contributed by atoms with Crippen molar-refractivity contribution >= 4 is 12.0 Å². The van der Waals surface area contributed by atoms with Crippen molar-refractivity contribution in [1.29, 1.82) is 0 Å². The quantitative estimate of drug-likeness (QED) is 0.0536. The first-order valence-corrected chi connectivity index (χ1v) is 18.4. The summed E-state index contributed by atoms with van der Waals surface area (Å²) in [5.41, 5.74) is 0.871. The van der Waals surface area contributed by atoms with Gasteiger partial charge in [0.05, 0.1) is 6.61 Å². The number of hydrogen-bond donors (Lipinski definition) is 1. The molecule has 3 heteroatoms. The highest BCUT2D eigenvalue weighted by Gasteiger charge is 1.99. The van der Waals surface area contributed by atoms with Crippen LogP contribution in [0.1, 0.15) is 192 Å². The fraction of sp³-hybridized carbons (Fsp3) is 0.769. The van der Waals surface area contributed by atoms with Crippen molar-refractivity contribution in [3.8, 4) is 5.75 Å². The van der Waals surface area contributed by atoms with Gasteiger partial charge in [0, 0.05) is 6.08 Å². The largest absolute Gasteiger partial charge is 0.508 e. The number of hydrogen-bond acceptors (Lipinski definition) is 3. The molecular weight excluding hydrogens is 516 g/mol. The molecule has 0 spiro atoms. The van der Waals surface area contributed by atoms with Crippen molar-refractivity contribution in [3.05, 3.63) is 35.9 Å². The summed E-state index contributed by atoms with van der Waals surface area (Å²) in [7, 11) is 0. The third-order valence-electron chi connectivity index (χ3n) is 8.55. The molecule has 242 valence electrons. The number of benzene rings is 1. The Morgan fingerprint density at radius 1 is 0.524 bits per heavy atom. The Bertz CT molecular complexity index is 724. The van der Waals surface area contributed by atoms with Crippen molar-refractivity contribution in [1.82, 2.24) is 0 Å². The van der Waals surface area contributed by atoms with Crippen LogP contribution in [0.2, 0.25) is 0 Å². The fourth-order valence-corrected chi connectivity index (χ4v) is 5.74. The minimum absolute atomic E-state index is 0.223. The fourth-order valence-electron chi connectivity index (χ4n) is 5.74. The maximum absolute atomic E-state index is 11.8. The van der Waals surface area contributed by atoms with E-state index >= 15 is 0 Å². The molecule has 0 radical (unpaired) electrons. The Morgan fingerprint density at radius 2 is 0.833 bits per heavy atom. The minimum atomic E-state index is -0.298. The van der Waals surface area contributed by atoms with Gasteiger partial charge in [-0.15, -0.1) is 0 Å². The van der Waals surface area contributed by atoms with E-state index in [0.717, 1.165) is 18.4 Å². The number of aromatic hydroxyl groups is 1. The molecule has 1 aromatic carbocycles. The van der Waals surface area contributed by atoms with Gasteiger partial charge >= 0.3 is 5.97 Å². The molecule has 1 N–H and O–H groups in total. The highest BCUT2D eigenvalue weighted by Crippen LogP contribution is 2.16. The van der Waals surface area contributed by atoms with Crippen LogP contribution in [0.4, 0.5) is 0 Å². The van der Waals surface area contributed by atoms with Crippen LogP contribution in [0.3, 0.4) is 0 Å². The van der Waals surface area contributed by atoms with Crippen molar-refractivity contribution in [2.75, 3.05) is 6.61 Å². The molecule has 0 aliphatic carbocycles. The van der Waals surface area contributed by atoms with Gasteiger partial charge in [-0.3, -0.25) is 0 Å². The van der Waals surface area contributed by atoms with E-state index in [4.69, 9.17) is 4.74 Å². The predicted octanol–water partition coefficient (Wildman–Crippen LogP) is 12.9. The molecule has 1 rings (SSSR count). The van der Waals surface area contributed by atoms with E-state index in [1.165, 1.54) is 173 Å². The lowest BCUT2D eigenvalue weighted by atomic mass is 10.0. The zero-order valence-electron chi connectivity index (χ0n) is 27.7. The highest BCUT2D eigenvalue weighted by atomic mass is 16.5. The molecule has 0 amide bonds. The second kappa shape index (κ2) is 30.7. The van der Waals surface area contributed by atoms with Crippen LogP contribution in [0.25, 0.3) is 6.08 Å². The monoisotopic (exact) mass is 585 g/mol. The molecule has 42 heavy (non-hydrogen) atoms. The first-order valence-electron chi connectivity index (χ1n) is 18.4. The van der Waals surface area contributed by atoms with Crippen molar-refractivity contribution in [2.24, 2.45) is 0 Å². The molecule has 0 unspecified atom stereocenters. The van der Waals surface area contributed by atoms with E-state index in [9.17, 15) is 9.90 Å². The lowest BCUT2D eigenvalue weighted by Crippen LogP contribution is -2.02. The average Bonchev–Trinajstić information content (AvgIpc) is 3.00. The van der Waals surface area contributed by atoms with Crippen LogP contribution in [0.15, 0.2) is 30.3 Å². The van der Waals surface area contributed by atoms with Gasteiger partial charge < -0.3 is 9.84 Å². The normalized spacial score (nSPS) is 11.5. The summed E-state index contributed by atoms with van der Waals surface area (Å²) in [6.07, 6.45) is 42.3. The first-order chi connectivity index (χ1) is 20.7. The Labute approximate surface area is 261 Å². The van der Waals surface area contributed by atoms with Gasteiger partial charge in [0.1, 0.15) is 5.75 Å². The molecule has 0 aliphatic heterocycles. The van der Waals surface area contributed by atoms with Crippen molar-refractivity contribution in [3.63, 3.8) is 0 Å². The summed E-state index contributed by atoms with van der Waals surface area (Å²) in [6, 6.07) is 6.74. The van der Waals surface area contributed by atoms with Gasteiger partial charge in [-0.1, -0.05) is 192 Å². The summed E-state index contributed by atoms with van der Waals surface area (Å²) in [5.74, 6) is -0.0751. The van der Waals surface area contributed by atoms with E-state index < -0.39 is 0 Å². The predicted molar refractivity (Wildman–Crippen MR) is 183 cm³/mol. The molecule has 0 atom stereocenters. The molecule has 0 heterocycles. The number of phenolic OH excluding ortho intramolecular Hbond substituents is 1. The van der Waals surface area contributed by atoms with E-state index in [1.54, 1.807) is 30.3 Å². The summed E-state index contributed by atoms with van der Waals surface area (Å²) in [5, 5.41) is 9.28. The maximum Gasteiger partial charge on any atom is 0.330 e. The standard InChI is InChI=1S/C39H68O3/c1-2-3-4-5-6-7-8-9-10-11-12-13-14-15-16-17-18-19-20-21-22-23-24-25-26-27-28-29-36-42-39(41)35-32-37-30-33-38(40)34-31-37/h30-35,40H,2-29,36H2,1H3. The van der Waals surface area contributed by atoms with E-state index in [1.807, 2.05) is 0 Å². The average molecular weight is 585 g/mol. The van der Waals surface area contributed by atoms with Crippen molar-refractivity contribution < 1.29 is 14.6 Å². The smallest absolute Gasteiger partial charge is 0.330 e. The van der Waals surface area contributed by atoms with Crippen molar-refractivity contribution in [2.45, 2.75) is 187 Å². The third kappa shape index (κ3) is 27.1. The lowest BCUT2D eigenvalue weighted by Gasteiger charge is -2.05. The van der Waals surface area contributed by atoms with Crippen LogP contribution < -0.4 is 0 Å². The second-order valence-electron chi connectivity index (χ2n) is 12.6. The minimum Gasteiger partial charge on any atom is -0.508 e. The lowest BCUT2D eigenvalue weighted by molar-refractivity contribution is -0.137. The van der Waals surface area contributed by atoms with Gasteiger partial charge in [0.15, 0.2) is 0 Å². The van der Waals surface area contributed by atoms with Crippen LogP contribution in [-0.4, -0.2) is 17.7 Å². The number of carbonyl (C=O) groups is 1. The molecule has 0 saturated carbocycles. The molecule has 0 saturated heterocycles. The van der Waals surface area contributed by atoms with Crippen LogP contribution in [0.5, 0.6) is 5.75 Å². The molecule has 3 nitrogen and oxygen atoms in total. The summed E-state index contributed by atoms with van der Waals surface area (Å²) < 4.78 is 5.27. The van der Waals surface area contributed by atoms with Gasteiger partial charge in [-0.2, -0.15) is 0 Å². The zero-order chi connectivity index (χ0) is 30.2. The van der Waals surface area contributed by atoms with Gasteiger partial charge in [0.2, 0.25) is 0 Å². The van der Waals surface area contributed by atoms with Crippen LogP contribution in [-0.2, 0) is 9.53 Å². The summed E-state index contributed by atoms with van der Waals surface area (Å²) in [6.45, 7) is 2.80. The molecular formula is C39H68O3. The zero-order valence-corrected chi connectivity index (χ0v) is 27.7. The summed E-state index contributed by atoms with van der Waals surface area (Å²) in [4.78, 5) is 11.8. The van der Waals surface area contributed by atoms with E-state index in [-0.39, 0.29) is 11.7 Å². The number of ether oxygens (including phenoxy) is 1. The van der Waals surface area contributed by atoms with E-state index in [0.29, 0.717) is 6.61 Å². The number of unbranched alkanes of at least 4 members (excludes halogenated alkanes) is 27. The Kier molecular flexibility index (Phi) is 27.9. The number of rotatable bonds is 31. The van der Waals surface area contributed by atoms with E-state index in [2.05, 4.69) is 6.92 Å². The third-order valence-corrected chi connectivity index (χ3v) is 8.55. The first kappa shape index (κ1) is 38.3. The van der Waals surface area contributed by atoms with Crippen LogP contribution in [0, 0.1) is 0 Å². The highest BCUT2D eigenvalue weighted by molar-refractivity contribution is 5.87. The number of esters is 1. The molecule has 0 fully saturated rings. The second-order valence-corrected chi connectivity index (χ2v) is 12.6. The number of phenols is 1. The maximum atomic E-state index is 11.8. The Balaban J connectivity index is 1.69. The molecule has 0 aliphatic rings. The number of carbonyl (C=O) groups excluding carboxylic acids is 1. The van der Waals surface area contributed by atoms with Gasteiger partial charge in [-0.05, 0) is 30.2 Å². The Hall–Kier alpha value is -1.77. The Morgan fingerprint density at radius 3 is 1.17 bits per heavy atom.